The van der Waals surface area contributed by atoms with Crippen LogP contribution in [0.1, 0.15) is 38.0 Å². The van der Waals surface area contributed by atoms with Crippen molar-refractivity contribution in [3.8, 4) is 11.5 Å². The Hall–Kier alpha value is -1.48. The van der Waals surface area contributed by atoms with Crippen molar-refractivity contribution in [2.75, 3.05) is 14.2 Å². The second kappa shape index (κ2) is 4.89. The summed E-state index contributed by atoms with van der Waals surface area (Å²) in [5.41, 5.74) is 1.72. The summed E-state index contributed by atoms with van der Waals surface area (Å²) in [6.07, 6.45) is 3.51. The van der Waals surface area contributed by atoms with E-state index >= 15 is 0 Å². The highest BCUT2D eigenvalue weighted by molar-refractivity contribution is 5.68. The number of ether oxygens (including phenoxy) is 2. The largest absolute Gasteiger partial charge is 0.496 e. The molecule has 1 N–H and O–H groups in total. The highest BCUT2D eigenvalue weighted by atomic mass is 16.5. The number of fused-ring (bicyclic) bond motifs is 1. The van der Waals surface area contributed by atoms with E-state index in [0.29, 0.717) is 5.75 Å². The molecule has 0 aliphatic heterocycles. The highest BCUT2D eigenvalue weighted by Crippen LogP contribution is 2.47. The lowest BCUT2D eigenvalue weighted by molar-refractivity contribution is 0.0674. The zero-order valence-corrected chi connectivity index (χ0v) is 12.2. The number of aliphatic hydroxyl groups excluding tert-OH is 1. The minimum absolute atomic E-state index is 0.0122. The Labute approximate surface area is 114 Å². The Kier molecular flexibility index (Phi) is 3.59. The molecule has 0 heterocycles. The minimum Gasteiger partial charge on any atom is -0.496 e. The molecule has 3 heteroatoms. The Morgan fingerprint density at radius 1 is 1.05 bits per heavy atom. The quantitative estimate of drug-likeness (QED) is 0.887. The van der Waals surface area contributed by atoms with E-state index in [4.69, 9.17) is 9.47 Å². The molecule has 3 nitrogen and oxygen atoms in total. The van der Waals surface area contributed by atoms with Crippen LogP contribution in [0.3, 0.4) is 0 Å². The molecule has 1 aliphatic rings. The fourth-order valence-electron chi connectivity index (χ4n) is 2.68. The van der Waals surface area contributed by atoms with Crippen molar-refractivity contribution in [3.05, 3.63) is 29.3 Å². The van der Waals surface area contributed by atoms with E-state index in [1.807, 2.05) is 18.2 Å². The van der Waals surface area contributed by atoms with E-state index in [9.17, 15) is 5.11 Å². The average Bonchev–Trinajstić information content (AvgIpc) is 2.36. The summed E-state index contributed by atoms with van der Waals surface area (Å²) in [6.45, 7) is 6.38. The third kappa shape index (κ3) is 2.35. The Morgan fingerprint density at radius 3 is 2.16 bits per heavy atom. The third-order valence-corrected chi connectivity index (χ3v) is 3.75. The van der Waals surface area contributed by atoms with Gasteiger partial charge in [-0.15, -0.1) is 0 Å². The van der Waals surface area contributed by atoms with Gasteiger partial charge < -0.3 is 14.6 Å². The van der Waals surface area contributed by atoms with Gasteiger partial charge >= 0.3 is 0 Å². The highest BCUT2D eigenvalue weighted by Gasteiger charge is 2.36. The minimum atomic E-state index is -0.579. The van der Waals surface area contributed by atoms with Gasteiger partial charge in [0, 0.05) is 17.0 Å². The van der Waals surface area contributed by atoms with E-state index in [1.54, 1.807) is 14.2 Å². The van der Waals surface area contributed by atoms with E-state index in [-0.39, 0.29) is 11.3 Å². The summed E-state index contributed by atoms with van der Waals surface area (Å²) in [7, 11) is 3.26. The van der Waals surface area contributed by atoms with Gasteiger partial charge in [0.1, 0.15) is 11.5 Å². The summed E-state index contributed by atoms with van der Waals surface area (Å²) in [4.78, 5) is 0. The molecule has 2 rings (SSSR count). The zero-order valence-electron chi connectivity index (χ0n) is 12.2. The molecule has 0 radical (unpaired) electrons. The van der Waals surface area contributed by atoms with Crippen molar-refractivity contribution in [1.82, 2.24) is 0 Å². The monoisotopic (exact) mass is 262 g/mol. The van der Waals surface area contributed by atoms with Crippen LogP contribution in [0.25, 0.3) is 6.08 Å². The van der Waals surface area contributed by atoms with Crippen molar-refractivity contribution in [2.45, 2.75) is 26.9 Å². The first kappa shape index (κ1) is 13.9. The van der Waals surface area contributed by atoms with Crippen LogP contribution in [-0.4, -0.2) is 19.3 Å². The molecule has 1 aromatic rings. The Balaban J connectivity index is 2.59. The van der Waals surface area contributed by atoms with Crippen LogP contribution in [0.5, 0.6) is 11.5 Å². The molecule has 0 saturated heterocycles. The molecule has 0 bridgehead atoms. The maximum absolute atomic E-state index is 10.7. The van der Waals surface area contributed by atoms with Gasteiger partial charge in [-0.2, -0.15) is 0 Å². The number of methoxy groups -OCH3 is 2. The zero-order chi connectivity index (χ0) is 14.2. The molecule has 1 aromatic carbocycles. The summed E-state index contributed by atoms with van der Waals surface area (Å²) in [5.74, 6) is 1.53. The van der Waals surface area contributed by atoms with E-state index in [2.05, 4.69) is 26.8 Å². The van der Waals surface area contributed by atoms with Gasteiger partial charge in [0.2, 0.25) is 0 Å². The Morgan fingerprint density at radius 2 is 1.63 bits per heavy atom. The Bertz CT molecular complexity index is 497. The summed E-state index contributed by atoms with van der Waals surface area (Å²) in [6, 6.07) is 3.71. The number of hydrogen-bond donors (Lipinski definition) is 1. The third-order valence-electron chi connectivity index (χ3n) is 3.75. The van der Waals surface area contributed by atoms with Gasteiger partial charge in [-0.1, -0.05) is 32.9 Å². The fourth-order valence-corrected chi connectivity index (χ4v) is 2.68. The topological polar surface area (TPSA) is 38.7 Å². The van der Waals surface area contributed by atoms with Gasteiger partial charge in [-0.25, -0.2) is 0 Å². The van der Waals surface area contributed by atoms with Crippen LogP contribution in [0.15, 0.2) is 18.2 Å². The normalized spacial score (nSPS) is 22.0. The average molecular weight is 262 g/mol. The smallest absolute Gasteiger partial charge is 0.126 e. The van der Waals surface area contributed by atoms with Crippen molar-refractivity contribution in [3.63, 3.8) is 0 Å². The molecular formula is C16H22O3. The number of hydrogen-bond acceptors (Lipinski definition) is 3. The first-order valence-electron chi connectivity index (χ1n) is 6.51. The fraction of sp³-hybridized carbons (Fsp3) is 0.500. The molecule has 0 aromatic heterocycles. The number of benzene rings is 1. The van der Waals surface area contributed by atoms with Gasteiger partial charge in [-0.05, 0) is 17.5 Å². The molecule has 0 saturated carbocycles. The van der Waals surface area contributed by atoms with E-state index < -0.39 is 6.10 Å². The standard InChI is InChI=1S/C16H22O3/c1-16(2,3)11-7-6-10-12(18-4)8-9-13(19-5)14(10)15(11)17/h6-9,11,15,17H,1-5H3/t11-,15-/m0/s1. The predicted molar refractivity (Wildman–Crippen MR) is 76.5 cm³/mol. The van der Waals surface area contributed by atoms with E-state index in [0.717, 1.165) is 16.9 Å². The molecule has 104 valence electrons. The maximum Gasteiger partial charge on any atom is 0.126 e. The van der Waals surface area contributed by atoms with Gasteiger partial charge in [0.05, 0.1) is 20.3 Å². The molecular weight excluding hydrogens is 240 g/mol. The predicted octanol–water partition coefficient (Wildman–Crippen LogP) is 3.43. The van der Waals surface area contributed by atoms with Crippen molar-refractivity contribution >= 4 is 6.08 Å². The summed E-state index contributed by atoms with van der Waals surface area (Å²) >= 11 is 0. The number of aliphatic hydroxyl groups is 1. The van der Waals surface area contributed by atoms with Crippen molar-refractivity contribution < 1.29 is 14.6 Å². The van der Waals surface area contributed by atoms with Crippen molar-refractivity contribution in [2.24, 2.45) is 11.3 Å². The molecule has 0 spiro atoms. The van der Waals surface area contributed by atoms with Crippen LogP contribution in [0.4, 0.5) is 0 Å². The van der Waals surface area contributed by atoms with Crippen LogP contribution >= 0.6 is 0 Å². The second-order valence-electron chi connectivity index (χ2n) is 5.99. The lowest BCUT2D eigenvalue weighted by Crippen LogP contribution is -2.28. The molecule has 0 unspecified atom stereocenters. The van der Waals surface area contributed by atoms with Gasteiger partial charge in [0.15, 0.2) is 0 Å². The SMILES string of the molecule is COc1ccc(OC)c2c1C=C[C@H](C(C)(C)C)[C@@H]2O. The lowest BCUT2D eigenvalue weighted by Gasteiger charge is -2.36. The first-order chi connectivity index (χ1) is 8.90. The molecule has 2 atom stereocenters. The molecule has 1 aliphatic carbocycles. The van der Waals surface area contributed by atoms with Gasteiger partial charge in [-0.3, -0.25) is 0 Å². The van der Waals surface area contributed by atoms with Gasteiger partial charge in [0.25, 0.3) is 0 Å². The molecule has 0 amide bonds. The summed E-state index contributed by atoms with van der Waals surface area (Å²) in [5, 5.41) is 10.7. The van der Waals surface area contributed by atoms with Crippen LogP contribution in [-0.2, 0) is 0 Å². The maximum atomic E-state index is 10.7. The van der Waals surface area contributed by atoms with Crippen molar-refractivity contribution in [1.29, 1.82) is 0 Å². The summed E-state index contributed by atoms with van der Waals surface area (Å²) < 4.78 is 10.8. The molecule has 0 fully saturated rings. The van der Waals surface area contributed by atoms with Crippen LogP contribution < -0.4 is 9.47 Å². The lowest BCUT2D eigenvalue weighted by atomic mass is 9.72. The van der Waals surface area contributed by atoms with Crippen LogP contribution in [0.2, 0.25) is 0 Å². The first-order valence-corrected chi connectivity index (χ1v) is 6.51. The second-order valence-corrected chi connectivity index (χ2v) is 5.99. The molecule has 19 heavy (non-hydrogen) atoms. The van der Waals surface area contributed by atoms with E-state index in [1.165, 1.54) is 0 Å². The number of rotatable bonds is 2. The van der Waals surface area contributed by atoms with Crippen LogP contribution in [0, 0.1) is 11.3 Å².